The van der Waals surface area contributed by atoms with Gasteiger partial charge in [0.25, 0.3) is 11.7 Å². The van der Waals surface area contributed by atoms with Gasteiger partial charge in [0.15, 0.2) is 0 Å². The number of fused-ring (bicyclic) bond motifs is 1. The molecule has 1 amide bonds. The first-order valence-electron chi connectivity index (χ1n) is 10.2. The van der Waals surface area contributed by atoms with Crippen LogP contribution in [0.4, 0.5) is 0 Å². The average Bonchev–Trinajstić information content (AvgIpc) is 3.25. The van der Waals surface area contributed by atoms with E-state index in [9.17, 15) is 9.59 Å². The second kappa shape index (κ2) is 8.63. The summed E-state index contributed by atoms with van der Waals surface area (Å²) in [5.74, 6) is -0.157. The number of amides is 1. The maximum absolute atomic E-state index is 13.1. The zero-order chi connectivity index (χ0) is 22.0. The molecule has 1 atom stereocenters. The highest BCUT2D eigenvalue weighted by atomic mass is 16.5. The number of likely N-dealkylation sites (tertiary alicyclic amines) is 1. The van der Waals surface area contributed by atoms with E-state index >= 15 is 0 Å². The lowest BCUT2D eigenvalue weighted by Gasteiger charge is -2.32. The van der Waals surface area contributed by atoms with E-state index in [1.54, 1.807) is 4.90 Å². The van der Waals surface area contributed by atoms with Gasteiger partial charge >= 0.3 is 0 Å². The molecule has 3 aromatic rings. The molecule has 0 spiro atoms. The fourth-order valence-electron chi connectivity index (χ4n) is 4.05. The largest absolute Gasteiger partial charge is 0.494 e. The number of ether oxygens (including phenoxy) is 2. The van der Waals surface area contributed by atoms with E-state index in [1.165, 1.54) is 32.2 Å². The highest BCUT2D eigenvalue weighted by molar-refractivity contribution is 6.45. The number of rotatable bonds is 5. The average molecular weight is 419 g/mol. The lowest BCUT2D eigenvalue weighted by atomic mass is 9.91. The van der Waals surface area contributed by atoms with Crippen molar-refractivity contribution in [2.45, 2.75) is 13.3 Å². The SMILES string of the molecule is COc1ncc(OC)c2c(C(=O)C(=O)N3CC/C(=C\c4ccccc4)C(C)C3)c[nH]c12. The molecule has 0 saturated carbocycles. The minimum atomic E-state index is -0.569. The van der Waals surface area contributed by atoms with Crippen LogP contribution in [0.5, 0.6) is 11.6 Å². The Balaban J connectivity index is 1.56. The summed E-state index contributed by atoms with van der Waals surface area (Å²) in [7, 11) is 3.00. The molecule has 4 rings (SSSR count). The molecule has 1 saturated heterocycles. The number of hydrogen-bond donors (Lipinski definition) is 1. The zero-order valence-corrected chi connectivity index (χ0v) is 17.8. The van der Waals surface area contributed by atoms with Crippen molar-refractivity contribution in [3.05, 3.63) is 59.4 Å². The number of H-pyrrole nitrogens is 1. The van der Waals surface area contributed by atoms with Crippen LogP contribution in [0.2, 0.25) is 0 Å². The molecule has 160 valence electrons. The summed E-state index contributed by atoms with van der Waals surface area (Å²) in [5.41, 5.74) is 3.22. The Bertz CT molecular complexity index is 1150. The smallest absolute Gasteiger partial charge is 0.295 e. The van der Waals surface area contributed by atoms with Crippen molar-refractivity contribution in [1.29, 1.82) is 0 Å². The summed E-state index contributed by atoms with van der Waals surface area (Å²) >= 11 is 0. The van der Waals surface area contributed by atoms with E-state index in [0.29, 0.717) is 35.6 Å². The summed E-state index contributed by atoms with van der Waals surface area (Å²) in [6.45, 7) is 3.11. The molecule has 1 fully saturated rings. The van der Waals surface area contributed by atoms with Gasteiger partial charge in [-0.3, -0.25) is 9.59 Å². The molecular weight excluding hydrogens is 394 g/mol. The van der Waals surface area contributed by atoms with Crippen LogP contribution in [0.15, 0.2) is 48.3 Å². The number of carbonyl (C=O) groups is 2. The van der Waals surface area contributed by atoms with E-state index in [4.69, 9.17) is 9.47 Å². The number of pyridine rings is 1. The van der Waals surface area contributed by atoms with Crippen LogP contribution >= 0.6 is 0 Å². The van der Waals surface area contributed by atoms with Crippen LogP contribution in [0, 0.1) is 5.92 Å². The molecule has 1 N–H and O–H groups in total. The number of carbonyl (C=O) groups excluding carboxylic acids is 2. The Labute approximate surface area is 180 Å². The molecule has 0 bridgehead atoms. The first-order chi connectivity index (χ1) is 15.0. The summed E-state index contributed by atoms with van der Waals surface area (Å²) in [6, 6.07) is 10.1. The topological polar surface area (TPSA) is 84.5 Å². The van der Waals surface area contributed by atoms with E-state index in [-0.39, 0.29) is 11.5 Å². The number of piperidine rings is 1. The zero-order valence-electron chi connectivity index (χ0n) is 17.8. The first-order valence-corrected chi connectivity index (χ1v) is 10.2. The monoisotopic (exact) mass is 419 g/mol. The number of benzene rings is 1. The lowest BCUT2D eigenvalue weighted by Crippen LogP contribution is -2.43. The standard InChI is InChI=1S/C24H25N3O4/c1-15-14-27(10-9-17(15)11-16-7-5-4-6-8-16)24(29)22(28)18-12-25-21-20(18)19(30-2)13-26-23(21)31-3/h4-8,11-13,15,25H,9-10,14H2,1-3H3/b17-11+. The maximum Gasteiger partial charge on any atom is 0.295 e. The Kier molecular flexibility index (Phi) is 5.75. The van der Waals surface area contributed by atoms with Gasteiger partial charge < -0.3 is 19.4 Å². The normalized spacial score (nSPS) is 17.7. The van der Waals surface area contributed by atoms with Crippen LogP contribution in [0.3, 0.4) is 0 Å². The van der Waals surface area contributed by atoms with Gasteiger partial charge in [-0.25, -0.2) is 4.98 Å². The van der Waals surface area contributed by atoms with Gasteiger partial charge in [-0.1, -0.05) is 48.9 Å². The van der Waals surface area contributed by atoms with E-state index in [2.05, 4.69) is 35.1 Å². The molecule has 1 aromatic carbocycles. The highest BCUT2D eigenvalue weighted by Crippen LogP contribution is 2.34. The van der Waals surface area contributed by atoms with Crippen LogP contribution in [0.1, 0.15) is 29.3 Å². The third kappa shape index (κ3) is 3.91. The number of nitrogens with one attached hydrogen (secondary N) is 1. The predicted molar refractivity (Wildman–Crippen MR) is 118 cm³/mol. The van der Waals surface area contributed by atoms with Gasteiger partial charge in [0.2, 0.25) is 5.88 Å². The number of nitrogens with zero attached hydrogens (tertiary/aromatic N) is 2. The highest BCUT2D eigenvalue weighted by Gasteiger charge is 2.31. The van der Waals surface area contributed by atoms with Gasteiger partial charge in [-0.15, -0.1) is 0 Å². The molecule has 31 heavy (non-hydrogen) atoms. The number of Topliss-reactive ketones (excluding diaryl/α,β-unsaturated/α-hetero) is 1. The summed E-state index contributed by atoms with van der Waals surface area (Å²) in [4.78, 5) is 35.0. The molecule has 1 aliphatic rings. The minimum Gasteiger partial charge on any atom is -0.494 e. The molecule has 1 aliphatic heterocycles. The lowest BCUT2D eigenvalue weighted by molar-refractivity contribution is -0.127. The number of aromatic amines is 1. The van der Waals surface area contributed by atoms with Crippen LogP contribution in [-0.2, 0) is 4.79 Å². The molecule has 0 aliphatic carbocycles. The molecule has 2 aromatic heterocycles. The molecule has 1 unspecified atom stereocenters. The number of methoxy groups -OCH3 is 2. The molecule has 3 heterocycles. The summed E-state index contributed by atoms with van der Waals surface area (Å²) < 4.78 is 10.6. The van der Waals surface area contributed by atoms with Gasteiger partial charge in [0.1, 0.15) is 11.3 Å². The van der Waals surface area contributed by atoms with Crippen molar-refractivity contribution in [2.24, 2.45) is 5.92 Å². The van der Waals surface area contributed by atoms with Crippen molar-refractivity contribution >= 4 is 28.7 Å². The molecular formula is C24H25N3O4. The van der Waals surface area contributed by atoms with Crippen molar-refractivity contribution in [3.63, 3.8) is 0 Å². The van der Waals surface area contributed by atoms with E-state index in [1.807, 2.05) is 18.2 Å². The van der Waals surface area contributed by atoms with Gasteiger partial charge in [0.05, 0.1) is 31.4 Å². The maximum atomic E-state index is 13.1. The van der Waals surface area contributed by atoms with Crippen molar-refractivity contribution in [3.8, 4) is 11.6 Å². The van der Waals surface area contributed by atoms with Crippen LogP contribution < -0.4 is 9.47 Å². The van der Waals surface area contributed by atoms with Gasteiger partial charge in [0, 0.05) is 19.3 Å². The fraction of sp³-hybridized carbons (Fsp3) is 0.292. The van der Waals surface area contributed by atoms with Crippen molar-refractivity contribution in [2.75, 3.05) is 27.3 Å². The fourth-order valence-corrected chi connectivity index (χ4v) is 4.05. The second-order valence-corrected chi connectivity index (χ2v) is 7.65. The van der Waals surface area contributed by atoms with Crippen LogP contribution in [-0.4, -0.2) is 53.9 Å². The predicted octanol–water partition coefficient (Wildman–Crippen LogP) is 3.71. The minimum absolute atomic E-state index is 0.174. The Morgan fingerprint density at radius 2 is 1.97 bits per heavy atom. The Morgan fingerprint density at radius 1 is 1.19 bits per heavy atom. The second-order valence-electron chi connectivity index (χ2n) is 7.65. The number of ketones is 1. The van der Waals surface area contributed by atoms with E-state index in [0.717, 1.165) is 12.0 Å². The van der Waals surface area contributed by atoms with Crippen LogP contribution in [0.25, 0.3) is 17.0 Å². The number of aromatic nitrogens is 2. The van der Waals surface area contributed by atoms with Gasteiger partial charge in [-0.05, 0) is 17.9 Å². The Morgan fingerprint density at radius 3 is 2.65 bits per heavy atom. The third-order valence-corrected chi connectivity index (χ3v) is 5.73. The van der Waals surface area contributed by atoms with Crippen molar-refractivity contribution < 1.29 is 19.1 Å². The van der Waals surface area contributed by atoms with Crippen molar-refractivity contribution in [1.82, 2.24) is 14.9 Å². The summed E-state index contributed by atoms with van der Waals surface area (Å²) in [6.07, 6.45) is 5.92. The summed E-state index contributed by atoms with van der Waals surface area (Å²) in [5, 5.41) is 0.502. The number of hydrogen-bond acceptors (Lipinski definition) is 5. The molecule has 0 radical (unpaired) electrons. The first kappa shape index (κ1) is 20.7. The Hall–Kier alpha value is -3.61. The van der Waals surface area contributed by atoms with E-state index < -0.39 is 11.7 Å². The molecule has 7 nitrogen and oxygen atoms in total. The quantitative estimate of drug-likeness (QED) is 0.503. The van der Waals surface area contributed by atoms with Gasteiger partial charge in [-0.2, -0.15) is 0 Å². The molecule has 7 heteroatoms. The third-order valence-electron chi connectivity index (χ3n) is 5.73.